The Balaban J connectivity index is 2.52. The van der Waals surface area contributed by atoms with Crippen molar-refractivity contribution in [2.24, 2.45) is 5.41 Å². The highest BCUT2D eigenvalue weighted by Crippen LogP contribution is 2.40. The third kappa shape index (κ3) is 5.85. The molecule has 1 aliphatic heterocycles. The minimum Gasteiger partial charge on any atom is -0.465 e. The van der Waals surface area contributed by atoms with Gasteiger partial charge in [-0.1, -0.05) is 65.2 Å². The molecular weight excluding hydrogens is 248 g/mol. The summed E-state index contributed by atoms with van der Waals surface area (Å²) in [7, 11) is 0. The lowest BCUT2D eigenvalue weighted by molar-refractivity contribution is -0.155. The van der Waals surface area contributed by atoms with Crippen molar-refractivity contribution in [3.8, 4) is 0 Å². The number of unbranched alkanes of at least 4 members (excludes halogenated alkanes) is 6. The molecule has 0 aromatic heterocycles. The molecule has 2 nitrogen and oxygen atoms in total. The minimum absolute atomic E-state index is 0.114. The molecule has 0 bridgehead atoms. The Bertz CT molecular complexity index is 248. The maximum Gasteiger partial charge on any atom is 0.312 e. The smallest absolute Gasteiger partial charge is 0.312 e. The van der Waals surface area contributed by atoms with Gasteiger partial charge in [0.25, 0.3) is 0 Å². The Morgan fingerprint density at radius 1 is 0.900 bits per heavy atom. The summed E-state index contributed by atoms with van der Waals surface area (Å²) in [6.07, 6.45) is 15.4. The molecule has 0 aromatic carbocycles. The van der Waals surface area contributed by atoms with Gasteiger partial charge in [-0.2, -0.15) is 0 Å². The highest BCUT2D eigenvalue weighted by Gasteiger charge is 2.39. The van der Waals surface area contributed by atoms with E-state index in [1.165, 1.54) is 51.4 Å². The zero-order valence-corrected chi connectivity index (χ0v) is 13.7. The lowest BCUT2D eigenvalue weighted by atomic mass is 9.74. The van der Waals surface area contributed by atoms with Crippen LogP contribution in [0.4, 0.5) is 0 Å². The normalized spacial score (nSPS) is 18.6. The predicted octanol–water partition coefficient (Wildman–Crippen LogP) is 5.64. The first kappa shape index (κ1) is 17.5. The number of hydrogen-bond donors (Lipinski definition) is 0. The summed E-state index contributed by atoms with van der Waals surface area (Å²) in [5.41, 5.74) is -0.141. The first-order valence-electron chi connectivity index (χ1n) is 8.92. The molecular formula is C18H34O2. The van der Waals surface area contributed by atoms with Gasteiger partial charge in [0, 0.05) is 0 Å². The second-order valence-corrected chi connectivity index (χ2v) is 6.49. The molecule has 118 valence electrons. The van der Waals surface area contributed by atoms with Crippen molar-refractivity contribution < 1.29 is 9.53 Å². The largest absolute Gasteiger partial charge is 0.465 e. The first-order valence-corrected chi connectivity index (χ1v) is 8.92. The molecule has 0 aromatic rings. The van der Waals surface area contributed by atoms with Gasteiger partial charge in [-0.15, -0.1) is 0 Å². The van der Waals surface area contributed by atoms with Gasteiger partial charge >= 0.3 is 5.97 Å². The van der Waals surface area contributed by atoms with Crippen molar-refractivity contribution in [2.75, 3.05) is 6.61 Å². The van der Waals surface area contributed by atoms with Crippen LogP contribution in [-0.2, 0) is 9.53 Å². The lowest BCUT2D eigenvalue weighted by Gasteiger charge is -2.30. The number of hydrogen-bond acceptors (Lipinski definition) is 2. The molecule has 1 saturated heterocycles. The van der Waals surface area contributed by atoms with E-state index >= 15 is 0 Å². The number of ether oxygens (including phenoxy) is 1. The van der Waals surface area contributed by atoms with E-state index in [1.807, 2.05) is 0 Å². The van der Waals surface area contributed by atoms with Gasteiger partial charge in [-0.05, 0) is 32.1 Å². The summed E-state index contributed by atoms with van der Waals surface area (Å²) in [5.74, 6) is 0.114. The van der Waals surface area contributed by atoms with Crippen LogP contribution in [0.2, 0.25) is 0 Å². The number of carbonyl (C=O) groups is 1. The molecule has 1 fully saturated rings. The van der Waals surface area contributed by atoms with Crippen LogP contribution < -0.4 is 0 Å². The van der Waals surface area contributed by atoms with E-state index in [1.54, 1.807) is 0 Å². The molecule has 2 heteroatoms. The Morgan fingerprint density at radius 3 is 2.05 bits per heavy atom. The second-order valence-electron chi connectivity index (χ2n) is 6.49. The highest BCUT2D eigenvalue weighted by molar-refractivity contribution is 5.77. The fraction of sp³-hybridized carbons (Fsp3) is 0.944. The van der Waals surface area contributed by atoms with Gasteiger partial charge in [-0.25, -0.2) is 0 Å². The monoisotopic (exact) mass is 282 g/mol. The Morgan fingerprint density at radius 2 is 1.50 bits per heavy atom. The topological polar surface area (TPSA) is 26.3 Å². The second kappa shape index (κ2) is 10.2. The van der Waals surface area contributed by atoms with Gasteiger partial charge in [0.05, 0.1) is 12.0 Å². The summed E-state index contributed by atoms with van der Waals surface area (Å²) >= 11 is 0. The summed E-state index contributed by atoms with van der Waals surface area (Å²) in [4.78, 5) is 12.4. The molecule has 0 aliphatic carbocycles. The van der Waals surface area contributed by atoms with Crippen LogP contribution in [0.5, 0.6) is 0 Å². The van der Waals surface area contributed by atoms with Crippen molar-refractivity contribution >= 4 is 5.97 Å². The fourth-order valence-corrected chi connectivity index (χ4v) is 3.34. The lowest BCUT2D eigenvalue weighted by Crippen LogP contribution is -2.32. The van der Waals surface area contributed by atoms with Crippen molar-refractivity contribution in [3.05, 3.63) is 0 Å². The molecule has 0 amide bonds. The standard InChI is InChI=1S/C18H34O2/c1-3-5-7-9-13-18(14-10-8-6-4-2)15-11-12-16-20-17(18)19/h3-16H2,1-2H3. The maximum atomic E-state index is 12.4. The minimum atomic E-state index is -0.141. The predicted molar refractivity (Wildman–Crippen MR) is 84.8 cm³/mol. The van der Waals surface area contributed by atoms with E-state index in [2.05, 4.69) is 13.8 Å². The Kier molecular flexibility index (Phi) is 8.97. The zero-order valence-electron chi connectivity index (χ0n) is 13.7. The zero-order chi connectivity index (χ0) is 14.7. The molecule has 20 heavy (non-hydrogen) atoms. The van der Waals surface area contributed by atoms with Crippen LogP contribution in [0, 0.1) is 5.41 Å². The number of carbonyl (C=O) groups excluding carboxylic acids is 1. The van der Waals surface area contributed by atoms with Crippen LogP contribution in [0.3, 0.4) is 0 Å². The van der Waals surface area contributed by atoms with Crippen LogP contribution in [0.25, 0.3) is 0 Å². The molecule has 0 unspecified atom stereocenters. The summed E-state index contributed by atoms with van der Waals surface area (Å²) in [5, 5.41) is 0. The fourth-order valence-electron chi connectivity index (χ4n) is 3.34. The quantitative estimate of drug-likeness (QED) is 0.383. The van der Waals surface area contributed by atoms with Crippen molar-refractivity contribution in [2.45, 2.75) is 97.3 Å². The van der Waals surface area contributed by atoms with Gasteiger partial charge < -0.3 is 4.74 Å². The summed E-state index contributed by atoms with van der Waals surface area (Å²) < 4.78 is 5.49. The van der Waals surface area contributed by atoms with Crippen molar-refractivity contribution in [1.29, 1.82) is 0 Å². The van der Waals surface area contributed by atoms with Crippen LogP contribution in [0.1, 0.15) is 97.3 Å². The van der Waals surface area contributed by atoms with Gasteiger partial charge in [0.15, 0.2) is 0 Å². The summed E-state index contributed by atoms with van der Waals surface area (Å²) in [6.45, 7) is 5.12. The SMILES string of the molecule is CCCCCCC1(CCCCCC)CCCCOC1=O. The molecule has 0 atom stereocenters. The third-order valence-electron chi connectivity index (χ3n) is 4.73. The van der Waals surface area contributed by atoms with Crippen LogP contribution in [-0.4, -0.2) is 12.6 Å². The average Bonchev–Trinajstić information content (AvgIpc) is 2.63. The molecule has 1 rings (SSSR count). The number of esters is 1. The van der Waals surface area contributed by atoms with E-state index < -0.39 is 0 Å². The first-order chi connectivity index (χ1) is 9.75. The maximum absolute atomic E-state index is 12.4. The number of cyclic esters (lactones) is 1. The molecule has 0 radical (unpaired) electrons. The van der Waals surface area contributed by atoms with Gasteiger partial charge in [0.2, 0.25) is 0 Å². The molecule has 0 N–H and O–H groups in total. The summed E-state index contributed by atoms with van der Waals surface area (Å²) in [6, 6.07) is 0. The van der Waals surface area contributed by atoms with E-state index in [9.17, 15) is 4.79 Å². The molecule has 1 aliphatic rings. The van der Waals surface area contributed by atoms with E-state index in [0.717, 1.165) is 32.1 Å². The number of rotatable bonds is 10. The van der Waals surface area contributed by atoms with Gasteiger partial charge in [0.1, 0.15) is 0 Å². The van der Waals surface area contributed by atoms with Crippen molar-refractivity contribution in [3.63, 3.8) is 0 Å². The van der Waals surface area contributed by atoms with Gasteiger partial charge in [-0.3, -0.25) is 4.79 Å². The molecule has 0 spiro atoms. The van der Waals surface area contributed by atoms with Crippen LogP contribution >= 0.6 is 0 Å². The van der Waals surface area contributed by atoms with E-state index in [4.69, 9.17) is 4.74 Å². The van der Waals surface area contributed by atoms with E-state index in [0.29, 0.717) is 6.61 Å². The van der Waals surface area contributed by atoms with E-state index in [-0.39, 0.29) is 11.4 Å². The average molecular weight is 282 g/mol. The Hall–Kier alpha value is -0.530. The molecule has 0 saturated carbocycles. The van der Waals surface area contributed by atoms with Crippen LogP contribution in [0.15, 0.2) is 0 Å². The molecule has 1 heterocycles. The van der Waals surface area contributed by atoms with Crippen molar-refractivity contribution in [1.82, 2.24) is 0 Å². The highest BCUT2D eigenvalue weighted by atomic mass is 16.5. The Labute approximate surface area is 125 Å². The third-order valence-corrected chi connectivity index (χ3v) is 4.73.